The molecule has 0 saturated heterocycles. The predicted octanol–water partition coefficient (Wildman–Crippen LogP) is 6.52. The fourth-order valence-electron chi connectivity index (χ4n) is 4.03. The number of aryl methyl sites for hydroxylation is 2. The summed E-state index contributed by atoms with van der Waals surface area (Å²) in [6.07, 6.45) is 2.02. The summed E-state index contributed by atoms with van der Waals surface area (Å²) < 4.78 is 0. The van der Waals surface area contributed by atoms with Crippen LogP contribution in [0.4, 0.5) is 0 Å². The Morgan fingerprint density at radius 2 is 1.66 bits per heavy atom. The van der Waals surface area contributed by atoms with Crippen molar-refractivity contribution in [3.8, 4) is 0 Å². The van der Waals surface area contributed by atoms with Crippen LogP contribution in [0.2, 0.25) is 0 Å². The van der Waals surface area contributed by atoms with Crippen molar-refractivity contribution in [2.24, 2.45) is 11.3 Å². The number of ketones is 2. The van der Waals surface area contributed by atoms with Crippen LogP contribution in [0.1, 0.15) is 56.8 Å². The third-order valence-corrected chi connectivity index (χ3v) is 6.79. The molecule has 1 aromatic heterocycles. The maximum absolute atomic E-state index is 13.6. The zero-order valence-electron chi connectivity index (χ0n) is 17.2. The Balaban J connectivity index is 1.84. The van der Waals surface area contributed by atoms with Gasteiger partial charge in [-0.25, -0.2) is 0 Å². The molecular weight excluding hydrogens is 376 g/mol. The molecule has 2 aromatic carbocycles. The van der Waals surface area contributed by atoms with Crippen molar-refractivity contribution in [1.82, 2.24) is 0 Å². The van der Waals surface area contributed by atoms with Gasteiger partial charge in [0.2, 0.25) is 0 Å². The van der Waals surface area contributed by atoms with Gasteiger partial charge in [0.15, 0.2) is 11.6 Å². The number of hydrogen-bond donors (Lipinski definition) is 0. The molecule has 1 aliphatic carbocycles. The van der Waals surface area contributed by atoms with Crippen LogP contribution >= 0.6 is 11.3 Å². The van der Waals surface area contributed by atoms with Gasteiger partial charge in [-0.15, -0.1) is 0 Å². The number of allylic oxidation sites excluding steroid dienone is 1. The first-order chi connectivity index (χ1) is 13.8. The predicted molar refractivity (Wildman–Crippen MR) is 120 cm³/mol. The molecule has 146 valence electrons. The van der Waals surface area contributed by atoms with Crippen LogP contribution in [0.3, 0.4) is 0 Å². The summed E-state index contributed by atoms with van der Waals surface area (Å²) in [6, 6.07) is 15.6. The van der Waals surface area contributed by atoms with Crippen LogP contribution in [0.15, 0.2) is 65.4 Å². The molecule has 2 nitrogen and oxygen atoms in total. The summed E-state index contributed by atoms with van der Waals surface area (Å²) in [5.41, 5.74) is 5.76. The van der Waals surface area contributed by atoms with Gasteiger partial charge in [-0.2, -0.15) is 11.3 Å². The van der Waals surface area contributed by atoms with E-state index in [1.165, 1.54) is 0 Å². The minimum absolute atomic E-state index is 0.00247. The SMILES string of the molecule is Cc1ccc(C(=O)C(C)[C@]2(C)C=C(c3ccsc3)c3cc(C)ccc3C2=O)cc1. The highest BCUT2D eigenvalue weighted by Crippen LogP contribution is 2.45. The van der Waals surface area contributed by atoms with Crippen LogP contribution in [-0.2, 0) is 0 Å². The Morgan fingerprint density at radius 1 is 0.966 bits per heavy atom. The lowest BCUT2D eigenvalue weighted by Crippen LogP contribution is -2.40. The van der Waals surface area contributed by atoms with Crippen molar-refractivity contribution in [3.05, 3.63) is 98.7 Å². The van der Waals surface area contributed by atoms with E-state index >= 15 is 0 Å². The van der Waals surface area contributed by atoms with E-state index < -0.39 is 11.3 Å². The zero-order chi connectivity index (χ0) is 20.8. The molecular formula is C26H24O2S. The number of carbonyl (C=O) groups is 2. The first kappa shape index (κ1) is 19.5. The summed E-state index contributed by atoms with van der Waals surface area (Å²) in [5.74, 6) is -0.461. The van der Waals surface area contributed by atoms with E-state index in [2.05, 4.69) is 17.5 Å². The topological polar surface area (TPSA) is 34.1 Å². The molecule has 1 aliphatic rings. The van der Waals surface area contributed by atoms with Gasteiger partial charge in [0.1, 0.15) is 0 Å². The van der Waals surface area contributed by atoms with Crippen molar-refractivity contribution in [2.45, 2.75) is 27.7 Å². The molecule has 0 fully saturated rings. The van der Waals surface area contributed by atoms with Gasteiger partial charge in [-0.1, -0.05) is 66.6 Å². The summed E-state index contributed by atoms with van der Waals surface area (Å²) in [6.45, 7) is 7.81. The highest BCUT2D eigenvalue weighted by atomic mass is 32.1. The van der Waals surface area contributed by atoms with E-state index in [0.29, 0.717) is 11.1 Å². The molecule has 0 aliphatic heterocycles. The summed E-state index contributed by atoms with van der Waals surface area (Å²) in [7, 11) is 0. The Morgan fingerprint density at radius 3 is 2.31 bits per heavy atom. The average Bonchev–Trinajstić information content (AvgIpc) is 3.25. The fraction of sp³-hybridized carbons (Fsp3) is 0.231. The molecule has 0 N–H and O–H groups in total. The Kier molecular flexibility index (Phi) is 4.87. The van der Waals surface area contributed by atoms with Crippen LogP contribution in [0.25, 0.3) is 5.57 Å². The quantitative estimate of drug-likeness (QED) is 0.467. The van der Waals surface area contributed by atoms with Crippen molar-refractivity contribution in [3.63, 3.8) is 0 Å². The molecule has 3 aromatic rings. The first-order valence-electron chi connectivity index (χ1n) is 9.83. The van der Waals surface area contributed by atoms with Crippen LogP contribution in [0, 0.1) is 25.2 Å². The maximum atomic E-state index is 13.6. The fourth-order valence-corrected chi connectivity index (χ4v) is 4.69. The molecule has 0 radical (unpaired) electrons. The van der Waals surface area contributed by atoms with E-state index in [-0.39, 0.29) is 11.6 Å². The van der Waals surface area contributed by atoms with Crippen molar-refractivity contribution in [1.29, 1.82) is 0 Å². The lowest BCUT2D eigenvalue weighted by molar-refractivity contribution is 0.0708. The molecule has 2 atom stereocenters. The third-order valence-electron chi connectivity index (χ3n) is 6.10. The number of Topliss-reactive ketones (excluding diaryl/α,β-unsaturated/α-hetero) is 2. The van der Waals surface area contributed by atoms with E-state index in [4.69, 9.17) is 0 Å². The molecule has 1 heterocycles. The monoisotopic (exact) mass is 400 g/mol. The van der Waals surface area contributed by atoms with Gasteiger partial charge in [-0.3, -0.25) is 9.59 Å². The second kappa shape index (κ2) is 7.23. The third kappa shape index (κ3) is 3.30. The molecule has 3 heteroatoms. The average molecular weight is 401 g/mol. The van der Waals surface area contributed by atoms with Gasteiger partial charge in [0.25, 0.3) is 0 Å². The minimum Gasteiger partial charge on any atom is -0.294 e. The first-order valence-corrected chi connectivity index (χ1v) is 10.8. The van der Waals surface area contributed by atoms with Crippen molar-refractivity contribution < 1.29 is 9.59 Å². The van der Waals surface area contributed by atoms with Crippen LogP contribution in [0.5, 0.6) is 0 Å². The van der Waals surface area contributed by atoms with Gasteiger partial charge in [0.05, 0.1) is 5.41 Å². The minimum atomic E-state index is -0.901. The Labute approximate surface area is 175 Å². The molecule has 4 rings (SSSR count). The van der Waals surface area contributed by atoms with Gasteiger partial charge in [-0.05, 0) is 54.3 Å². The largest absolute Gasteiger partial charge is 0.294 e. The van der Waals surface area contributed by atoms with Crippen molar-refractivity contribution >= 4 is 28.5 Å². The number of thiophene rings is 1. The summed E-state index contributed by atoms with van der Waals surface area (Å²) in [5, 5.41) is 4.14. The zero-order valence-corrected chi connectivity index (χ0v) is 18.0. The smallest absolute Gasteiger partial charge is 0.173 e. The van der Waals surface area contributed by atoms with Gasteiger partial charge >= 0.3 is 0 Å². The van der Waals surface area contributed by atoms with Crippen molar-refractivity contribution in [2.75, 3.05) is 0 Å². The Bertz CT molecular complexity index is 1120. The van der Waals surface area contributed by atoms with E-state index in [1.54, 1.807) is 11.3 Å². The lowest BCUT2D eigenvalue weighted by Gasteiger charge is -2.36. The number of rotatable bonds is 4. The highest BCUT2D eigenvalue weighted by molar-refractivity contribution is 7.08. The van der Waals surface area contributed by atoms with Crippen LogP contribution < -0.4 is 0 Å². The second-order valence-electron chi connectivity index (χ2n) is 8.18. The van der Waals surface area contributed by atoms with E-state index in [0.717, 1.165) is 27.8 Å². The number of hydrogen-bond acceptors (Lipinski definition) is 3. The Hall–Kier alpha value is -2.78. The lowest BCUT2D eigenvalue weighted by atomic mass is 9.64. The molecule has 0 spiro atoms. The van der Waals surface area contributed by atoms with E-state index in [9.17, 15) is 9.59 Å². The van der Waals surface area contributed by atoms with Gasteiger partial charge in [0, 0.05) is 17.0 Å². The summed E-state index contributed by atoms with van der Waals surface area (Å²) in [4.78, 5) is 26.9. The molecule has 0 amide bonds. The molecule has 0 bridgehead atoms. The highest BCUT2D eigenvalue weighted by Gasteiger charge is 2.45. The number of fused-ring (bicyclic) bond motifs is 1. The standard InChI is InChI=1S/C26H24O2S/c1-16-5-8-19(9-6-16)24(27)18(3)26(4)14-23(20-11-12-29-15-20)22-13-17(2)7-10-21(22)25(26)28/h5-15,18H,1-4H3/t18?,26-/m0/s1. The normalized spacial score (nSPS) is 19.4. The van der Waals surface area contributed by atoms with Gasteiger partial charge < -0.3 is 0 Å². The maximum Gasteiger partial charge on any atom is 0.173 e. The molecule has 29 heavy (non-hydrogen) atoms. The molecule has 0 saturated carbocycles. The second-order valence-corrected chi connectivity index (χ2v) is 8.96. The molecule has 1 unspecified atom stereocenters. The van der Waals surface area contributed by atoms with E-state index in [1.807, 2.05) is 75.5 Å². The number of carbonyl (C=O) groups excluding carboxylic acids is 2. The number of benzene rings is 2. The van der Waals surface area contributed by atoms with Crippen LogP contribution in [-0.4, -0.2) is 11.6 Å². The summed E-state index contributed by atoms with van der Waals surface area (Å²) >= 11 is 1.63.